The molecule has 0 spiro atoms. The minimum atomic E-state index is -3.11. The van der Waals surface area contributed by atoms with E-state index in [9.17, 15) is 23.7 Å². The third kappa shape index (κ3) is 6.41. The Balaban J connectivity index is 1.92. The van der Waals surface area contributed by atoms with Crippen molar-refractivity contribution in [1.29, 1.82) is 0 Å². The second-order valence-corrected chi connectivity index (χ2v) is 7.53. The number of ether oxygens (including phenoxy) is 3. The van der Waals surface area contributed by atoms with Gasteiger partial charge in [-0.1, -0.05) is 22.0 Å². The van der Waals surface area contributed by atoms with Crippen LogP contribution in [0.4, 0.5) is 20.2 Å². The molecule has 10 nitrogen and oxygen atoms in total. The van der Waals surface area contributed by atoms with Gasteiger partial charge in [-0.3, -0.25) is 14.9 Å². The minimum Gasteiger partial charge on any atom is -0.465 e. The van der Waals surface area contributed by atoms with E-state index in [0.717, 1.165) is 0 Å². The van der Waals surface area contributed by atoms with E-state index in [-0.39, 0.29) is 54.0 Å². The number of nitro benzene ring substituents is 1. The Labute approximate surface area is 200 Å². The predicted octanol–water partition coefficient (Wildman–Crippen LogP) is 5.12. The van der Waals surface area contributed by atoms with Gasteiger partial charge in [-0.25, -0.2) is 4.68 Å². The van der Waals surface area contributed by atoms with Crippen LogP contribution < -0.4 is 14.8 Å². The number of nitrogens with zero attached hydrogens (tertiary/aromatic N) is 3. The topological polar surface area (TPSA) is 118 Å². The summed E-state index contributed by atoms with van der Waals surface area (Å²) in [4.78, 5) is 22.6. The Kier molecular flexibility index (Phi) is 8.35. The maximum absolute atomic E-state index is 13.0. The largest absolute Gasteiger partial charge is 0.465 e. The van der Waals surface area contributed by atoms with Crippen molar-refractivity contribution in [1.82, 2.24) is 9.78 Å². The summed E-state index contributed by atoms with van der Waals surface area (Å²) in [6.07, 6.45) is 1.40. The quantitative estimate of drug-likeness (QED) is 0.202. The number of nitro groups is 1. The highest BCUT2D eigenvalue weighted by Crippen LogP contribution is 2.35. The van der Waals surface area contributed by atoms with Gasteiger partial charge in [0.05, 0.1) is 23.3 Å². The van der Waals surface area contributed by atoms with Crippen molar-refractivity contribution in [3.05, 3.63) is 68.8 Å². The molecule has 1 heterocycles. The number of anilines is 1. The van der Waals surface area contributed by atoms with Crippen molar-refractivity contribution in [2.24, 2.45) is 0 Å². The molecule has 2 aromatic carbocycles. The number of aromatic nitrogens is 2. The predicted molar refractivity (Wildman–Crippen MR) is 120 cm³/mol. The van der Waals surface area contributed by atoms with Crippen molar-refractivity contribution in [2.75, 3.05) is 11.9 Å². The molecular weight excluding hydrogens is 522 g/mol. The summed E-state index contributed by atoms with van der Waals surface area (Å²) < 4.78 is 43.3. The maximum Gasteiger partial charge on any atom is 0.387 e. The van der Waals surface area contributed by atoms with Crippen molar-refractivity contribution in [3.8, 4) is 17.4 Å². The fourth-order valence-electron chi connectivity index (χ4n) is 2.98. The maximum atomic E-state index is 13.0. The number of hydrogen-bond donors (Lipinski definition) is 1. The van der Waals surface area contributed by atoms with E-state index in [0.29, 0.717) is 4.47 Å². The summed E-state index contributed by atoms with van der Waals surface area (Å²) in [5.74, 6) is -0.449. The summed E-state index contributed by atoms with van der Waals surface area (Å²) in [6, 6.07) is 10.1. The van der Waals surface area contributed by atoms with E-state index in [1.165, 1.54) is 53.3 Å². The molecule has 3 rings (SSSR count). The molecule has 0 saturated heterocycles. The molecule has 0 fully saturated rings. The third-order valence-electron chi connectivity index (χ3n) is 4.39. The van der Waals surface area contributed by atoms with Gasteiger partial charge in [-0.05, 0) is 31.2 Å². The van der Waals surface area contributed by atoms with Crippen LogP contribution >= 0.6 is 15.9 Å². The summed E-state index contributed by atoms with van der Waals surface area (Å²) in [6.45, 7) is -1.62. The lowest BCUT2D eigenvalue weighted by molar-refractivity contribution is -0.384. The van der Waals surface area contributed by atoms with E-state index >= 15 is 0 Å². The van der Waals surface area contributed by atoms with Crippen LogP contribution in [0.25, 0.3) is 0 Å². The first-order chi connectivity index (χ1) is 16.3. The summed E-state index contributed by atoms with van der Waals surface area (Å²) in [5.41, 5.74) is 0.121. The van der Waals surface area contributed by atoms with Crippen LogP contribution in [-0.4, -0.2) is 33.9 Å². The number of rotatable bonds is 11. The lowest BCUT2D eigenvalue weighted by Crippen LogP contribution is -2.15. The lowest BCUT2D eigenvalue weighted by atomic mass is 10.1. The highest BCUT2D eigenvalue weighted by molar-refractivity contribution is 9.10. The average Bonchev–Trinajstić information content (AvgIpc) is 3.19. The first-order valence-electron chi connectivity index (χ1n) is 9.88. The van der Waals surface area contributed by atoms with Gasteiger partial charge in [-0.15, -0.1) is 0 Å². The molecule has 0 aliphatic rings. The van der Waals surface area contributed by atoms with Crippen LogP contribution in [0.5, 0.6) is 17.4 Å². The van der Waals surface area contributed by atoms with Crippen molar-refractivity contribution >= 4 is 33.3 Å². The van der Waals surface area contributed by atoms with Crippen LogP contribution in [0, 0.1) is 10.1 Å². The lowest BCUT2D eigenvalue weighted by Gasteiger charge is -2.17. The van der Waals surface area contributed by atoms with E-state index in [1.54, 1.807) is 6.92 Å². The molecule has 180 valence electrons. The summed E-state index contributed by atoms with van der Waals surface area (Å²) >= 11 is 3.25. The second kappa shape index (κ2) is 11.4. The third-order valence-corrected chi connectivity index (χ3v) is 4.89. The summed E-state index contributed by atoms with van der Waals surface area (Å²) in [5, 5.41) is 18.3. The van der Waals surface area contributed by atoms with Gasteiger partial charge in [0, 0.05) is 23.2 Å². The van der Waals surface area contributed by atoms with Crippen molar-refractivity contribution in [3.63, 3.8) is 0 Å². The Bertz CT molecular complexity index is 1170. The van der Waals surface area contributed by atoms with Crippen LogP contribution in [0.2, 0.25) is 0 Å². The van der Waals surface area contributed by atoms with Crippen LogP contribution in [0.1, 0.15) is 12.5 Å². The molecule has 34 heavy (non-hydrogen) atoms. The number of esters is 1. The first kappa shape index (κ1) is 24.9. The number of halogens is 3. The molecule has 13 heteroatoms. The van der Waals surface area contributed by atoms with Gasteiger partial charge in [0.2, 0.25) is 5.88 Å². The molecule has 0 saturated carbocycles. The number of hydrogen-bond acceptors (Lipinski definition) is 8. The molecule has 0 unspecified atom stereocenters. The number of carbonyl (C=O) groups excluding carboxylic acids is 1. The Morgan fingerprint density at radius 1 is 1.26 bits per heavy atom. The Morgan fingerprint density at radius 2 is 2.03 bits per heavy atom. The Hall–Kier alpha value is -3.74. The fraction of sp³-hybridized carbons (Fsp3) is 0.238. The second-order valence-electron chi connectivity index (χ2n) is 6.62. The van der Waals surface area contributed by atoms with Gasteiger partial charge in [0.25, 0.3) is 5.69 Å². The zero-order chi connectivity index (χ0) is 24.7. The van der Waals surface area contributed by atoms with Gasteiger partial charge >= 0.3 is 12.6 Å². The number of benzene rings is 2. The standard InChI is InChI=1S/C21H19BrF2N4O6/c1-2-32-20(29)12-27-19(8-9-26-27)33-17-4-3-5-18(34-21(23)24)14(17)11-25-15-10-13(22)6-7-16(15)28(30)31/h3-10,21,25H,2,11-12H2,1H3. The van der Waals surface area contributed by atoms with Crippen LogP contribution in [0.15, 0.2) is 53.1 Å². The number of nitrogens with one attached hydrogen (secondary N) is 1. The average molecular weight is 541 g/mol. The van der Waals surface area contributed by atoms with Crippen molar-refractivity contribution in [2.45, 2.75) is 26.6 Å². The van der Waals surface area contributed by atoms with Crippen molar-refractivity contribution < 1.29 is 32.7 Å². The SMILES string of the molecule is CCOC(=O)Cn1nccc1Oc1cccc(OC(F)F)c1CNc1cc(Br)ccc1[N+](=O)[O-]. The zero-order valence-electron chi connectivity index (χ0n) is 17.7. The number of carbonyl (C=O) groups is 1. The normalized spacial score (nSPS) is 10.7. The first-order valence-corrected chi connectivity index (χ1v) is 10.7. The fourth-order valence-corrected chi connectivity index (χ4v) is 3.34. The summed E-state index contributed by atoms with van der Waals surface area (Å²) in [7, 11) is 0. The monoisotopic (exact) mass is 540 g/mol. The molecular formula is C21H19BrF2N4O6. The van der Waals surface area contributed by atoms with E-state index in [4.69, 9.17) is 9.47 Å². The molecule has 0 aliphatic heterocycles. The van der Waals surface area contributed by atoms with Gasteiger partial charge < -0.3 is 19.5 Å². The van der Waals surface area contributed by atoms with E-state index in [1.807, 2.05) is 0 Å². The van der Waals surface area contributed by atoms with Crippen LogP contribution in [-0.2, 0) is 22.6 Å². The molecule has 3 aromatic rings. The van der Waals surface area contributed by atoms with Crippen LogP contribution in [0.3, 0.4) is 0 Å². The molecule has 0 radical (unpaired) electrons. The van der Waals surface area contributed by atoms with E-state index in [2.05, 4.69) is 31.1 Å². The molecule has 1 aromatic heterocycles. The zero-order valence-corrected chi connectivity index (χ0v) is 19.3. The molecule has 0 atom stereocenters. The molecule has 1 N–H and O–H groups in total. The molecule has 0 bridgehead atoms. The highest BCUT2D eigenvalue weighted by Gasteiger charge is 2.20. The number of alkyl halides is 2. The smallest absolute Gasteiger partial charge is 0.387 e. The van der Waals surface area contributed by atoms with Gasteiger partial charge in [0.1, 0.15) is 23.7 Å². The van der Waals surface area contributed by atoms with Gasteiger partial charge in [-0.2, -0.15) is 13.9 Å². The van der Waals surface area contributed by atoms with E-state index < -0.39 is 17.5 Å². The minimum absolute atomic E-state index is 0.119. The molecule has 0 aliphatic carbocycles. The Morgan fingerprint density at radius 3 is 2.74 bits per heavy atom. The van der Waals surface area contributed by atoms with Gasteiger partial charge in [0.15, 0.2) is 0 Å². The highest BCUT2D eigenvalue weighted by atomic mass is 79.9. The molecule has 0 amide bonds.